The third-order valence-electron chi connectivity index (χ3n) is 2.24. The van der Waals surface area contributed by atoms with Crippen LogP contribution in [0.4, 0.5) is 0 Å². The van der Waals surface area contributed by atoms with E-state index in [4.69, 9.17) is 39.5 Å². The molecule has 0 spiro atoms. The molecule has 0 radical (unpaired) electrons. The van der Waals surface area contributed by atoms with Crippen LogP contribution in [0.15, 0.2) is 12.1 Å². The SMILES string of the molecule is CCC(CBr)COc1cc(Cl)c(Cl)cc1Cl. The minimum absolute atomic E-state index is 0.437. The van der Waals surface area contributed by atoms with Gasteiger partial charge in [0.2, 0.25) is 0 Å². The summed E-state index contributed by atoms with van der Waals surface area (Å²) in [4.78, 5) is 0. The van der Waals surface area contributed by atoms with Crippen molar-refractivity contribution in [3.63, 3.8) is 0 Å². The summed E-state index contributed by atoms with van der Waals surface area (Å²) in [5.41, 5.74) is 0. The summed E-state index contributed by atoms with van der Waals surface area (Å²) in [6.45, 7) is 2.73. The summed E-state index contributed by atoms with van der Waals surface area (Å²) >= 11 is 21.1. The van der Waals surface area contributed by atoms with Gasteiger partial charge in [0.15, 0.2) is 0 Å². The van der Waals surface area contributed by atoms with Crippen LogP contribution in [-0.2, 0) is 0 Å². The van der Waals surface area contributed by atoms with Crippen molar-refractivity contribution in [2.75, 3.05) is 11.9 Å². The summed E-state index contributed by atoms with van der Waals surface area (Å²) in [5, 5.41) is 2.28. The van der Waals surface area contributed by atoms with Gasteiger partial charge >= 0.3 is 0 Å². The smallest absolute Gasteiger partial charge is 0.139 e. The topological polar surface area (TPSA) is 9.23 Å². The summed E-state index contributed by atoms with van der Waals surface area (Å²) in [6.07, 6.45) is 1.05. The van der Waals surface area contributed by atoms with Crippen LogP contribution < -0.4 is 4.74 Å². The number of ether oxygens (including phenoxy) is 1. The van der Waals surface area contributed by atoms with Crippen molar-refractivity contribution in [1.82, 2.24) is 0 Å². The molecule has 0 heterocycles. The Morgan fingerprint density at radius 1 is 1.19 bits per heavy atom. The molecule has 0 aromatic heterocycles. The van der Waals surface area contributed by atoms with Crippen LogP contribution in [0, 0.1) is 5.92 Å². The van der Waals surface area contributed by atoms with E-state index in [0.717, 1.165) is 11.8 Å². The molecule has 1 nitrogen and oxygen atoms in total. The largest absolute Gasteiger partial charge is 0.492 e. The normalized spacial score (nSPS) is 12.6. The number of benzene rings is 1. The van der Waals surface area contributed by atoms with Crippen LogP contribution in [-0.4, -0.2) is 11.9 Å². The fourth-order valence-electron chi connectivity index (χ4n) is 1.09. The van der Waals surface area contributed by atoms with Crippen LogP contribution in [0.5, 0.6) is 5.75 Å². The Morgan fingerprint density at radius 2 is 1.81 bits per heavy atom. The Bertz CT molecular complexity index is 353. The Hall–Kier alpha value is 0.370. The molecule has 90 valence electrons. The highest BCUT2D eigenvalue weighted by Crippen LogP contribution is 2.34. The van der Waals surface area contributed by atoms with Gasteiger partial charge in [-0.2, -0.15) is 0 Å². The van der Waals surface area contributed by atoms with Gasteiger partial charge in [-0.3, -0.25) is 0 Å². The zero-order valence-electron chi connectivity index (χ0n) is 8.77. The highest BCUT2D eigenvalue weighted by Gasteiger charge is 2.10. The molecule has 1 atom stereocenters. The van der Waals surface area contributed by atoms with Gasteiger partial charge in [0.1, 0.15) is 5.75 Å². The van der Waals surface area contributed by atoms with Crippen LogP contribution in [0.1, 0.15) is 13.3 Å². The Labute approximate surface area is 119 Å². The summed E-state index contributed by atoms with van der Waals surface area (Å²) < 4.78 is 5.61. The molecular formula is C11H12BrCl3O. The quantitative estimate of drug-likeness (QED) is 0.509. The van der Waals surface area contributed by atoms with E-state index in [1.165, 1.54) is 0 Å². The average Bonchev–Trinajstić information content (AvgIpc) is 2.26. The minimum atomic E-state index is 0.437. The molecule has 0 aliphatic carbocycles. The lowest BCUT2D eigenvalue weighted by atomic mass is 10.1. The van der Waals surface area contributed by atoms with Crippen molar-refractivity contribution >= 4 is 50.7 Å². The number of hydrogen-bond donors (Lipinski definition) is 0. The molecule has 0 N–H and O–H groups in total. The fourth-order valence-corrected chi connectivity index (χ4v) is 2.33. The molecular weight excluding hydrogens is 334 g/mol. The fraction of sp³-hybridized carbons (Fsp3) is 0.455. The van der Waals surface area contributed by atoms with Gasteiger partial charge < -0.3 is 4.74 Å². The molecule has 0 amide bonds. The van der Waals surface area contributed by atoms with E-state index in [1.54, 1.807) is 12.1 Å². The van der Waals surface area contributed by atoms with Crippen molar-refractivity contribution in [3.05, 3.63) is 27.2 Å². The first-order valence-electron chi connectivity index (χ1n) is 4.91. The van der Waals surface area contributed by atoms with Crippen LogP contribution >= 0.6 is 50.7 Å². The Morgan fingerprint density at radius 3 is 2.38 bits per heavy atom. The summed E-state index contributed by atoms with van der Waals surface area (Å²) in [5.74, 6) is 1.04. The van der Waals surface area contributed by atoms with Crippen molar-refractivity contribution in [1.29, 1.82) is 0 Å². The first-order valence-corrected chi connectivity index (χ1v) is 7.17. The van der Waals surface area contributed by atoms with Gasteiger partial charge in [0.05, 0.1) is 21.7 Å². The highest BCUT2D eigenvalue weighted by molar-refractivity contribution is 9.09. The predicted molar refractivity (Wildman–Crippen MR) is 74.5 cm³/mol. The molecule has 1 aromatic carbocycles. The van der Waals surface area contributed by atoms with Gasteiger partial charge in [-0.15, -0.1) is 0 Å². The number of hydrogen-bond acceptors (Lipinski definition) is 1. The molecule has 0 aliphatic rings. The average molecular weight is 346 g/mol. The van der Waals surface area contributed by atoms with Gasteiger partial charge in [0, 0.05) is 17.3 Å². The molecule has 0 aliphatic heterocycles. The van der Waals surface area contributed by atoms with Crippen molar-refractivity contribution in [2.24, 2.45) is 5.92 Å². The second kappa shape index (κ2) is 6.95. The van der Waals surface area contributed by atoms with Crippen LogP contribution in [0.25, 0.3) is 0 Å². The molecule has 1 aromatic rings. The molecule has 1 rings (SSSR count). The maximum absolute atomic E-state index is 5.99. The van der Waals surface area contributed by atoms with E-state index in [2.05, 4.69) is 22.9 Å². The third kappa shape index (κ3) is 3.99. The molecule has 1 unspecified atom stereocenters. The van der Waals surface area contributed by atoms with Gasteiger partial charge in [-0.1, -0.05) is 57.7 Å². The molecule has 0 fully saturated rings. The lowest BCUT2D eigenvalue weighted by Crippen LogP contribution is -2.12. The molecule has 0 saturated heterocycles. The van der Waals surface area contributed by atoms with Gasteiger partial charge in [-0.05, 0) is 12.5 Å². The summed E-state index contributed by atoms with van der Waals surface area (Å²) in [6, 6.07) is 3.24. The number of rotatable bonds is 5. The molecule has 0 bridgehead atoms. The van der Waals surface area contributed by atoms with E-state index in [1.807, 2.05) is 0 Å². The van der Waals surface area contributed by atoms with Crippen molar-refractivity contribution < 1.29 is 4.74 Å². The third-order valence-corrected chi connectivity index (χ3v) is 4.18. The highest BCUT2D eigenvalue weighted by atomic mass is 79.9. The van der Waals surface area contributed by atoms with Gasteiger partial charge in [0.25, 0.3) is 0 Å². The Balaban J connectivity index is 2.70. The minimum Gasteiger partial charge on any atom is -0.492 e. The van der Waals surface area contributed by atoms with E-state index < -0.39 is 0 Å². The second-order valence-corrected chi connectivity index (χ2v) is 5.31. The first-order chi connectivity index (χ1) is 7.58. The predicted octanol–water partition coefficient (Wildman–Crippen LogP) is 5.45. The maximum Gasteiger partial charge on any atom is 0.139 e. The van der Waals surface area contributed by atoms with Crippen LogP contribution in [0.2, 0.25) is 15.1 Å². The van der Waals surface area contributed by atoms with Crippen molar-refractivity contribution in [3.8, 4) is 5.75 Å². The van der Waals surface area contributed by atoms with Crippen LogP contribution in [0.3, 0.4) is 0 Å². The van der Waals surface area contributed by atoms with Gasteiger partial charge in [-0.25, -0.2) is 0 Å². The Kier molecular flexibility index (Phi) is 6.27. The zero-order chi connectivity index (χ0) is 12.1. The monoisotopic (exact) mass is 344 g/mol. The second-order valence-electron chi connectivity index (χ2n) is 3.44. The standard InChI is InChI=1S/C11H12BrCl3O/c1-2-7(5-12)6-16-11-4-9(14)8(13)3-10(11)15/h3-4,7H,2,5-6H2,1H3. The summed E-state index contributed by atoms with van der Waals surface area (Å²) in [7, 11) is 0. The first kappa shape index (κ1) is 14.4. The van der Waals surface area contributed by atoms with E-state index in [-0.39, 0.29) is 0 Å². The molecule has 16 heavy (non-hydrogen) atoms. The maximum atomic E-state index is 5.99. The zero-order valence-corrected chi connectivity index (χ0v) is 12.6. The number of halogens is 4. The lowest BCUT2D eigenvalue weighted by molar-refractivity contribution is 0.260. The lowest BCUT2D eigenvalue weighted by Gasteiger charge is -2.14. The van der Waals surface area contributed by atoms with E-state index in [9.17, 15) is 0 Å². The van der Waals surface area contributed by atoms with E-state index >= 15 is 0 Å². The molecule has 5 heteroatoms. The molecule has 0 saturated carbocycles. The van der Waals surface area contributed by atoms with Crippen molar-refractivity contribution in [2.45, 2.75) is 13.3 Å². The van der Waals surface area contributed by atoms with E-state index in [0.29, 0.717) is 33.3 Å². The number of alkyl halides is 1.